The Balaban J connectivity index is 2.61. The lowest BCUT2D eigenvalue weighted by molar-refractivity contribution is 0.0309. The summed E-state index contributed by atoms with van der Waals surface area (Å²) in [6.07, 6.45) is -2.11. The number of carbonyl (C=O) groups excluding carboxylic acids is 1. The van der Waals surface area contributed by atoms with Crippen LogP contribution in [0.1, 0.15) is 27.6 Å². The summed E-state index contributed by atoms with van der Waals surface area (Å²) in [4.78, 5) is 11.5. The number of aliphatic hydroxyl groups is 2. The molecule has 0 saturated heterocycles. The zero-order valence-electron chi connectivity index (χ0n) is 9.00. The van der Waals surface area contributed by atoms with Crippen LogP contribution in [-0.2, 0) is 6.42 Å². The standard InChI is InChI=1S/C11H11BrFNO3/c1-14-11(17)5-2-4-3-6(15)10(16)7(4)9(13)8(5)12/h2,6,10,15-16H,3H2,1H3,(H,14,17). The highest BCUT2D eigenvalue weighted by Gasteiger charge is 2.34. The first kappa shape index (κ1) is 12.5. The molecule has 1 aromatic rings. The van der Waals surface area contributed by atoms with Crippen molar-refractivity contribution in [2.75, 3.05) is 7.05 Å². The van der Waals surface area contributed by atoms with Gasteiger partial charge >= 0.3 is 0 Å². The Morgan fingerprint density at radius 2 is 2.24 bits per heavy atom. The molecular weight excluding hydrogens is 293 g/mol. The van der Waals surface area contributed by atoms with Gasteiger partial charge < -0.3 is 15.5 Å². The van der Waals surface area contributed by atoms with Crippen LogP contribution in [0.4, 0.5) is 4.39 Å². The van der Waals surface area contributed by atoms with Gasteiger partial charge in [0.1, 0.15) is 11.9 Å². The van der Waals surface area contributed by atoms with E-state index in [1.807, 2.05) is 0 Å². The molecule has 1 aliphatic carbocycles. The number of benzene rings is 1. The van der Waals surface area contributed by atoms with Gasteiger partial charge in [-0.2, -0.15) is 0 Å². The van der Waals surface area contributed by atoms with Crippen molar-refractivity contribution in [2.24, 2.45) is 0 Å². The SMILES string of the molecule is CNC(=O)c1cc2c(c(F)c1Br)C(O)C(O)C2. The van der Waals surface area contributed by atoms with E-state index in [0.717, 1.165) is 0 Å². The van der Waals surface area contributed by atoms with Crippen LogP contribution in [0.3, 0.4) is 0 Å². The molecule has 2 unspecified atom stereocenters. The molecule has 1 aliphatic rings. The number of carbonyl (C=O) groups is 1. The molecule has 0 radical (unpaired) electrons. The molecule has 17 heavy (non-hydrogen) atoms. The zero-order valence-corrected chi connectivity index (χ0v) is 10.6. The average molecular weight is 304 g/mol. The van der Waals surface area contributed by atoms with Crippen molar-refractivity contribution < 1.29 is 19.4 Å². The molecule has 0 spiro atoms. The molecule has 92 valence electrons. The molecule has 6 heteroatoms. The fourth-order valence-corrected chi connectivity index (χ4v) is 2.52. The summed E-state index contributed by atoms with van der Waals surface area (Å²) in [5.74, 6) is -1.11. The molecule has 0 saturated carbocycles. The van der Waals surface area contributed by atoms with Gasteiger partial charge in [0.25, 0.3) is 5.91 Å². The summed E-state index contributed by atoms with van der Waals surface area (Å²) >= 11 is 2.99. The van der Waals surface area contributed by atoms with Crippen LogP contribution in [-0.4, -0.2) is 29.3 Å². The molecule has 2 rings (SSSR count). The van der Waals surface area contributed by atoms with Crippen LogP contribution in [0, 0.1) is 5.82 Å². The van der Waals surface area contributed by atoms with E-state index in [2.05, 4.69) is 21.2 Å². The number of nitrogens with one attached hydrogen (secondary N) is 1. The topological polar surface area (TPSA) is 69.6 Å². The number of halogens is 2. The zero-order chi connectivity index (χ0) is 12.7. The van der Waals surface area contributed by atoms with Crippen LogP contribution < -0.4 is 5.32 Å². The highest BCUT2D eigenvalue weighted by atomic mass is 79.9. The maximum Gasteiger partial charge on any atom is 0.252 e. The first-order chi connectivity index (χ1) is 7.97. The minimum absolute atomic E-state index is 0.00347. The number of hydrogen-bond acceptors (Lipinski definition) is 3. The summed E-state index contributed by atoms with van der Waals surface area (Å²) < 4.78 is 14.0. The Morgan fingerprint density at radius 3 is 2.82 bits per heavy atom. The van der Waals surface area contributed by atoms with Crippen molar-refractivity contribution in [2.45, 2.75) is 18.6 Å². The second-order valence-electron chi connectivity index (χ2n) is 3.92. The van der Waals surface area contributed by atoms with Gasteiger partial charge in [-0.1, -0.05) is 0 Å². The molecule has 1 amide bonds. The van der Waals surface area contributed by atoms with Crippen LogP contribution >= 0.6 is 15.9 Å². The Kier molecular flexibility index (Phi) is 3.20. The predicted octanol–water partition coefficient (Wildman–Crippen LogP) is 0.898. The minimum Gasteiger partial charge on any atom is -0.390 e. The Morgan fingerprint density at radius 1 is 1.59 bits per heavy atom. The van der Waals surface area contributed by atoms with E-state index in [4.69, 9.17) is 0 Å². The third-order valence-corrected chi connectivity index (χ3v) is 3.67. The molecule has 2 atom stereocenters. The van der Waals surface area contributed by atoms with E-state index in [-0.39, 0.29) is 22.0 Å². The van der Waals surface area contributed by atoms with Crippen molar-refractivity contribution in [3.8, 4) is 0 Å². The summed E-state index contributed by atoms with van der Waals surface area (Å²) in [5.41, 5.74) is 0.686. The van der Waals surface area contributed by atoms with E-state index in [0.29, 0.717) is 5.56 Å². The third kappa shape index (κ3) is 1.86. The van der Waals surface area contributed by atoms with E-state index in [1.165, 1.54) is 13.1 Å². The third-order valence-electron chi connectivity index (χ3n) is 2.89. The average Bonchev–Trinajstić information content (AvgIpc) is 2.59. The summed E-state index contributed by atoms with van der Waals surface area (Å²) in [6.45, 7) is 0. The monoisotopic (exact) mass is 303 g/mol. The van der Waals surface area contributed by atoms with Gasteiger partial charge in [0, 0.05) is 19.0 Å². The second kappa shape index (κ2) is 4.36. The number of rotatable bonds is 1. The van der Waals surface area contributed by atoms with Gasteiger partial charge in [-0.05, 0) is 27.6 Å². The predicted molar refractivity (Wildman–Crippen MR) is 62.2 cm³/mol. The molecule has 0 bridgehead atoms. The lowest BCUT2D eigenvalue weighted by Crippen LogP contribution is -2.19. The maximum atomic E-state index is 14.0. The van der Waals surface area contributed by atoms with Gasteiger partial charge in [0.2, 0.25) is 0 Å². The Labute approximate surface area is 106 Å². The second-order valence-corrected chi connectivity index (χ2v) is 4.71. The van der Waals surface area contributed by atoms with Crippen molar-refractivity contribution >= 4 is 21.8 Å². The molecule has 0 aliphatic heterocycles. The van der Waals surface area contributed by atoms with Gasteiger partial charge in [-0.25, -0.2) is 4.39 Å². The molecule has 0 aromatic heterocycles. The molecule has 4 nitrogen and oxygen atoms in total. The van der Waals surface area contributed by atoms with E-state index in [1.54, 1.807) is 0 Å². The van der Waals surface area contributed by atoms with Crippen molar-refractivity contribution in [1.82, 2.24) is 5.32 Å². The normalized spacial score (nSPS) is 22.4. The fraction of sp³-hybridized carbons (Fsp3) is 0.364. The van der Waals surface area contributed by atoms with E-state index in [9.17, 15) is 19.4 Å². The highest BCUT2D eigenvalue weighted by Crippen LogP contribution is 2.38. The van der Waals surface area contributed by atoms with Crippen LogP contribution in [0.2, 0.25) is 0 Å². The largest absolute Gasteiger partial charge is 0.390 e. The number of hydrogen-bond donors (Lipinski definition) is 3. The Bertz CT molecular complexity index is 492. The van der Waals surface area contributed by atoms with Gasteiger partial charge in [-0.3, -0.25) is 4.79 Å². The van der Waals surface area contributed by atoms with Crippen LogP contribution in [0.5, 0.6) is 0 Å². The van der Waals surface area contributed by atoms with Gasteiger partial charge in [0.15, 0.2) is 0 Å². The first-order valence-corrected chi connectivity index (χ1v) is 5.85. The number of amides is 1. The van der Waals surface area contributed by atoms with E-state index < -0.39 is 23.9 Å². The molecule has 1 aromatic carbocycles. The minimum atomic E-state index is -1.24. The summed E-state index contributed by atoms with van der Waals surface area (Å²) in [6, 6.07) is 1.49. The van der Waals surface area contributed by atoms with Gasteiger partial charge in [-0.15, -0.1) is 0 Å². The van der Waals surface area contributed by atoms with Crippen molar-refractivity contribution in [3.63, 3.8) is 0 Å². The molecule has 0 heterocycles. The lowest BCUT2D eigenvalue weighted by Gasteiger charge is -2.11. The fourth-order valence-electron chi connectivity index (χ4n) is 2.01. The summed E-state index contributed by atoms with van der Waals surface area (Å²) in [5, 5.41) is 21.5. The number of aliphatic hydroxyl groups excluding tert-OH is 2. The lowest BCUT2D eigenvalue weighted by atomic mass is 10.0. The van der Waals surface area contributed by atoms with Gasteiger partial charge in [0.05, 0.1) is 16.1 Å². The first-order valence-electron chi connectivity index (χ1n) is 5.06. The summed E-state index contributed by atoms with van der Waals surface area (Å²) in [7, 11) is 1.45. The van der Waals surface area contributed by atoms with Crippen LogP contribution in [0.15, 0.2) is 10.5 Å². The van der Waals surface area contributed by atoms with Crippen LogP contribution in [0.25, 0.3) is 0 Å². The van der Waals surface area contributed by atoms with Crippen molar-refractivity contribution in [3.05, 3.63) is 33.0 Å². The van der Waals surface area contributed by atoms with Crippen molar-refractivity contribution in [1.29, 1.82) is 0 Å². The highest BCUT2D eigenvalue weighted by molar-refractivity contribution is 9.10. The molecule has 3 N–H and O–H groups in total. The molecular formula is C11H11BrFNO3. The Hall–Kier alpha value is -0.980. The van der Waals surface area contributed by atoms with E-state index >= 15 is 0 Å². The molecule has 0 fully saturated rings. The smallest absolute Gasteiger partial charge is 0.252 e. The number of fused-ring (bicyclic) bond motifs is 1. The quantitative estimate of drug-likeness (QED) is 0.722. The maximum absolute atomic E-state index is 14.0.